The molecule has 0 aromatic carbocycles. The third-order valence-electron chi connectivity index (χ3n) is 4.23. The molecule has 0 radical (unpaired) electrons. The molecule has 0 atom stereocenters. The number of hydrogen-bond donors (Lipinski definition) is 2. The molecule has 1 amide bonds. The highest BCUT2D eigenvalue weighted by molar-refractivity contribution is 5.76. The fraction of sp³-hybridized carbons (Fsp3) is 0.368. The van der Waals surface area contributed by atoms with Crippen LogP contribution in [0.4, 0.5) is 5.82 Å². The zero-order chi connectivity index (χ0) is 19.2. The van der Waals surface area contributed by atoms with Crippen LogP contribution in [0.15, 0.2) is 35.1 Å². The number of hydrogen-bond acceptors (Lipinski definition) is 6. The summed E-state index contributed by atoms with van der Waals surface area (Å²) >= 11 is 0. The average Bonchev–Trinajstić information content (AvgIpc) is 3.27. The minimum atomic E-state index is 0.00342. The van der Waals surface area contributed by atoms with Crippen LogP contribution in [0.3, 0.4) is 0 Å². The summed E-state index contributed by atoms with van der Waals surface area (Å²) in [6.45, 7) is 6.71. The molecule has 0 aliphatic carbocycles. The SMILES string of the molecule is Cc1nc(NCCNC(=O)CCc2c(C)noc2C)cc(-n2cccc2)n1. The second-order valence-electron chi connectivity index (χ2n) is 6.33. The minimum Gasteiger partial charge on any atom is -0.368 e. The van der Waals surface area contributed by atoms with Gasteiger partial charge in [0.1, 0.15) is 23.2 Å². The van der Waals surface area contributed by atoms with E-state index in [2.05, 4.69) is 25.8 Å². The highest BCUT2D eigenvalue weighted by Crippen LogP contribution is 2.14. The maximum atomic E-state index is 12.0. The standard InChI is InChI=1S/C19H24N6O2/c1-13-16(14(2)27-24-13)6-7-19(26)21-9-8-20-17-12-18(23-15(3)22-17)25-10-4-5-11-25/h4-5,10-12H,6-9H2,1-3H3,(H,21,26)(H,20,22,23). The number of aromatic nitrogens is 4. The molecule has 0 saturated carbocycles. The van der Waals surface area contributed by atoms with Crippen LogP contribution in [-0.2, 0) is 11.2 Å². The van der Waals surface area contributed by atoms with Gasteiger partial charge in [-0.25, -0.2) is 9.97 Å². The van der Waals surface area contributed by atoms with Gasteiger partial charge in [0.25, 0.3) is 0 Å². The van der Waals surface area contributed by atoms with E-state index in [1.165, 1.54) is 0 Å². The number of rotatable bonds is 8. The molecule has 2 N–H and O–H groups in total. The number of nitrogens with one attached hydrogen (secondary N) is 2. The molecule has 27 heavy (non-hydrogen) atoms. The molecule has 0 bridgehead atoms. The lowest BCUT2D eigenvalue weighted by Gasteiger charge is -2.10. The lowest BCUT2D eigenvalue weighted by atomic mass is 10.1. The summed E-state index contributed by atoms with van der Waals surface area (Å²) in [4.78, 5) is 20.8. The second kappa shape index (κ2) is 8.48. The van der Waals surface area contributed by atoms with Crippen molar-refractivity contribution < 1.29 is 9.32 Å². The van der Waals surface area contributed by atoms with Crippen LogP contribution < -0.4 is 10.6 Å². The van der Waals surface area contributed by atoms with Crippen LogP contribution in [0.1, 0.15) is 29.3 Å². The van der Waals surface area contributed by atoms with Gasteiger partial charge in [0.05, 0.1) is 5.69 Å². The molecular formula is C19H24N6O2. The molecule has 3 rings (SSSR count). The van der Waals surface area contributed by atoms with Crippen molar-refractivity contribution in [2.45, 2.75) is 33.6 Å². The van der Waals surface area contributed by atoms with Crippen molar-refractivity contribution in [1.29, 1.82) is 0 Å². The van der Waals surface area contributed by atoms with Gasteiger partial charge in [0, 0.05) is 43.5 Å². The predicted octanol–water partition coefficient (Wildman–Crippen LogP) is 2.34. The van der Waals surface area contributed by atoms with Gasteiger partial charge in [-0.1, -0.05) is 5.16 Å². The summed E-state index contributed by atoms with van der Waals surface area (Å²) in [6.07, 6.45) is 4.91. The third kappa shape index (κ3) is 4.93. The zero-order valence-corrected chi connectivity index (χ0v) is 15.8. The van der Waals surface area contributed by atoms with E-state index < -0.39 is 0 Å². The number of carbonyl (C=O) groups excluding carboxylic acids is 1. The molecule has 3 aromatic rings. The summed E-state index contributed by atoms with van der Waals surface area (Å²) in [5.74, 6) is 3.00. The van der Waals surface area contributed by atoms with Gasteiger partial charge in [0.2, 0.25) is 5.91 Å². The normalized spacial score (nSPS) is 10.8. The fourth-order valence-corrected chi connectivity index (χ4v) is 2.84. The molecule has 8 nitrogen and oxygen atoms in total. The van der Waals surface area contributed by atoms with Crippen molar-refractivity contribution >= 4 is 11.7 Å². The van der Waals surface area contributed by atoms with E-state index in [9.17, 15) is 4.79 Å². The summed E-state index contributed by atoms with van der Waals surface area (Å²) < 4.78 is 7.04. The zero-order valence-electron chi connectivity index (χ0n) is 15.8. The number of anilines is 1. The smallest absolute Gasteiger partial charge is 0.220 e. The van der Waals surface area contributed by atoms with Gasteiger partial charge in [-0.05, 0) is 39.3 Å². The van der Waals surface area contributed by atoms with E-state index in [1.807, 2.05) is 55.9 Å². The fourth-order valence-electron chi connectivity index (χ4n) is 2.84. The lowest BCUT2D eigenvalue weighted by molar-refractivity contribution is -0.120. The summed E-state index contributed by atoms with van der Waals surface area (Å²) in [5, 5.41) is 10.0. The Bertz CT molecular complexity index is 882. The van der Waals surface area contributed by atoms with E-state index in [-0.39, 0.29) is 5.91 Å². The first-order chi connectivity index (χ1) is 13.0. The van der Waals surface area contributed by atoms with Crippen molar-refractivity contribution in [1.82, 2.24) is 25.0 Å². The van der Waals surface area contributed by atoms with Gasteiger partial charge in [-0.15, -0.1) is 0 Å². The Morgan fingerprint density at radius 3 is 2.63 bits per heavy atom. The van der Waals surface area contributed by atoms with E-state index in [4.69, 9.17) is 4.52 Å². The minimum absolute atomic E-state index is 0.00342. The number of nitrogens with zero attached hydrogens (tertiary/aromatic N) is 4. The van der Waals surface area contributed by atoms with Crippen LogP contribution in [0, 0.1) is 20.8 Å². The molecule has 3 aromatic heterocycles. The van der Waals surface area contributed by atoms with E-state index in [0.717, 1.165) is 28.7 Å². The van der Waals surface area contributed by atoms with Crippen molar-refractivity contribution in [2.75, 3.05) is 18.4 Å². The molecule has 0 fully saturated rings. The van der Waals surface area contributed by atoms with Crippen LogP contribution in [0.2, 0.25) is 0 Å². The van der Waals surface area contributed by atoms with E-state index in [0.29, 0.717) is 31.8 Å². The Labute approximate surface area is 158 Å². The van der Waals surface area contributed by atoms with Crippen molar-refractivity contribution in [3.63, 3.8) is 0 Å². The van der Waals surface area contributed by atoms with Crippen molar-refractivity contribution in [3.8, 4) is 5.82 Å². The Morgan fingerprint density at radius 1 is 1.15 bits per heavy atom. The van der Waals surface area contributed by atoms with Crippen LogP contribution in [0.25, 0.3) is 5.82 Å². The number of carbonyl (C=O) groups is 1. The first-order valence-electron chi connectivity index (χ1n) is 8.94. The monoisotopic (exact) mass is 368 g/mol. The molecule has 8 heteroatoms. The first kappa shape index (κ1) is 18.6. The highest BCUT2D eigenvalue weighted by atomic mass is 16.5. The molecule has 142 valence electrons. The molecule has 0 unspecified atom stereocenters. The first-order valence-corrected chi connectivity index (χ1v) is 8.94. The third-order valence-corrected chi connectivity index (χ3v) is 4.23. The van der Waals surface area contributed by atoms with Crippen LogP contribution in [-0.4, -0.2) is 38.7 Å². The van der Waals surface area contributed by atoms with Crippen molar-refractivity contribution in [3.05, 3.63) is 53.4 Å². The summed E-state index contributed by atoms with van der Waals surface area (Å²) in [7, 11) is 0. The van der Waals surface area contributed by atoms with Gasteiger partial charge in [-0.2, -0.15) is 0 Å². The van der Waals surface area contributed by atoms with Crippen LogP contribution in [0.5, 0.6) is 0 Å². The van der Waals surface area contributed by atoms with Gasteiger partial charge < -0.3 is 19.7 Å². The van der Waals surface area contributed by atoms with Gasteiger partial charge >= 0.3 is 0 Å². The van der Waals surface area contributed by atoms with Crippen molar-refractivity contribution in [2.24, 2.45) is 0 Å². The molecule has 0 saturated heterocycles. The quantitative estimate of drug-likeness (QED) is 0.592. The van der Waals surface area contributed by atoms with E-state index >= 15 is 0 Å². The number of aryl methyl sites for hydroxylation is 3. The Kier molecular flexibility index (Phi) is 5.85. The Morgan fingerprint density at radius 2 is 1.93 bits per heavy atom. The highest BCUT2D eigenvalue weighted by Gasteiger charge is 2.11. The molecule has 3 heterocycles. The Balaban J connectivity index is 1.44. The van der Waals surface area contributed by atoms with Gasteiger partial charge in [0.15, 0.2) is 0 Å². The molecule has 0 aliphatic heterocycles. The maximum Gasteiger partial charge on any atom is 0.220 e. The topological polar surface area (TPSA) is 97.9 Å². The predicted molar refractivity (Wildman–Crippen MR) is 102 cm³/mol. The maximum absolute atomic E-state index is 12.0. The summed E-state index contributed by atoms with van der Waals surface area (Å²) in [6, 6.07) is 5.78. The summed E-state index contributed by atoms with van der Waals surface area (Å²) in [5.41, 5.74) is 1.86. The van der Waals surface area contributed by atoms with Crippen LogP contribution >= 0.6 is 0 Å². The number of amides is 1. The largest absolute Gasteiger partial charge is 0.368 e. The van der Waals surface area contributed by atoms with E-state index in [1.54, 1.807) is 0 Å². The Hall–Kier alpha value is -3.16. The molecular weight excluding hydrogens is 344 g/mol. The average molecular weight is 368 g/mol. The molecule has 0 spiro atoms. The molecule has 0 aliphatic rings. The second-order valence-corrected chi connectivity index (χ2v) is 6.33. The lowest BCUT2D eigenvalue weighted by Crippen LogP contribution is -2.29. The van der Waals surface area contributed by atoms with Gasteiger partial charge in [-0.3, -0.25) is 4.79 Å².